The fourth-order valence-corrected chi connectivity index (χ4v) is 1.81. The SMILES string of the molecule is CC(C)C1=NNC([N+](C)([O-])c2cccnc2)NC1. The van der Waals surface area contributed by atoms with Gasteiger partial charge in [0.1, 0.15) is 0 Å². The maximum atomic E-state index is 12.6. The van der Waals surface area contributed by atoms with Crippen molar-refractivity contribution >= 4 is 11.4 Å². The minimum atomic E-state index is -0.595. The van der Waals surface area contributed by atoms with Gasteiger partial charge in [0.2, 0.25) is 6.29 Å². The average Bonchev–Trinajstić information content (AvgIpc) is 2.40. The molecular formula is C12H19N5O. The quantitative estimate of drug-likeness (QED) is 0.619. The van der Waals surface area contributed by atoms with Crippen LogP contribution in [-0.2, 0) is 0 Å². The van der Waals surface area contributed by atoms with Gasteiger partial charge in [0.15, 0.2) is 5.69 Å². The highest BCUT2D eigenvalue weighted by atomic mass is 16.6. The number of nitrogens with zero attached hydrogens (tertiary/aromatic N) is 3. The maximum Gasteiger partial charge on any atom is 0.239 e. The summed E-state index contributed by atoms with van der Waals surface area (Å²) in [7, 11) is 1.58. The van der Waals surface area contributed by atoms with Gasteiger partial charge in [0.25, 0.3) is 0 Å². The molecule has 0 radical (unpaired) electrons. The summed E-state index contributed by atoms with van der Waals surface area (Å²) in [6.07, 6.45) is 2.75. The Morgan fingerprint density at radius 3 is 2.78 bits per heavy atom. The first kappa shape index (κ1) is 12.9. The first-order chi connectivity index (χ1) is 8.51. The molecule has 18 heavy (non-hydrogen) atoms. The Hall–Kier alpha value is -1.50. The summed E-state index contributed by atoms with van der Waals surface area (Å²) in [5.41, 5.74) is 4.51. The molecule has 1 aromatic rings. The number of hydrazone groups is 1. The van der Waals surface area contributed by atoms with Crippen LogP contribution in [0, 0.1) is 11.1 Å². The van der Waals surface area contributed by atoms with Crippen LogP contribution < -0.4 is 15.4 Å². The van der Waals surface area contributed by atoms with Gasteiger partial charge in [-0.15, -0.1) is 0 Å². The van der Waals surface area contributed by atoms with Crippen LogP contribution in [0.25, 0.3) is 0 Å². The maximum absolute atomic E-state index is 12.6. The summed E-state index contributed by atoms with van der Waals surface area (Å²) >= 11 is 0. The molecule has 1 aliphatic rings. The molecule has 1 aliphatic heterocycles. The topological polar surface area (TPSA) is 72.4 Å². The van der Waals surface area contributed by atoms with E-state index in [0.29, 0.717) is 18.2 Å². The van der Waals surface area contributed by atoms with Gasteiger partial charge in [-0.05, 0) is 12.0 Å². The molecule has 98 valence electrons. The van der Waals surface area contributed by atoms with Crippen molar-refractivity contribution in [3.63, 3.8) is 0 Å². The summed E-state index contributed by atoms with van der Waals surface area (Å²) in [5.74, 6) is 0.370. The van der Waals surface area contributed by atoms with Crippen molar-refractivity contribution in [1.29, 1.82) is 0 Å². The normalized spacial score (nSPS) is 23.2. The largest absolute Gasteiger partial charge is 0.625 e. The van der Waals surface area contributed by atoms with Gasteiger partial charge in [-0.1, -0.05) is 13.8 Å². The van der Waals surface area contributed by atoms with Crippen molar-refractivity contribution in [2.24, 2.45) is 11.0 Å². The molecule has 0 fully saturated rings. The molecule has 0 bridgehead atoms. The highest BCUT2D eigenvalue weighted by Crippen LogP contribution is 2.20. The Kier molecular flexibility index (Phi) is 3.60. The molecule has 0 amide bonds. The van der Waals surface area contributed by atoms with E-state index in [-0.39, 0.29) is 0 Å². The fourth-order valence-electron chi connectivity index (χ4n) is 1.81. The Morgan fingerprint density at radius 1 is 1.50 bits per heavy atom. The third-order valence-electron chi connectivity index (χ3n) is 3.12. The van der Waals surface area contributed by atoms with Crippen molar-refractivity contribution in [2.45, 2.75) is 20.1 Å². The number of aromatic nitrogens is 1. The molecule has 2 rings (SSSR count). The Bertz CT molecular complexity index is 429. The van der Waals surface area contributed by atoms with E-state index in [1.807, 2.05) is 0 Å². The number of nitrogens with one attached hydrogen (secondary N) is 2. The molecule has 0 saturated heterocycles. The Balaban J connectivity index is 2.14. The molecule has 2 atom stereocenters. The molecule has 0 saturated carbocycles. The monoisotopic (exact) mass is 249 g/mol. The van der Waals surface area contributed by atoms with Crippen molar-refractivity contribution in [2.75, 3.05) is 13.6 Å². The minimum Gasteiger partial charge on any atom is -0.625 e. The summed E-state index contributed by atoms with van der Waals surface area (Å²) < 4.78 is -0.595. The molecule has 6 heteroatoms. The molecule has 0 aromatic carbocycles. The fraction of sp³-hybridized carbons (Fsp3) is 0.500. The lowest BCUT2D eigenvalue weighted by Gasteiger charge is -2.45. The molecule has 0 aliphatic carbocycles. The number of hydroxylamine groups is 2. The molecular weight excluding hydrogens is 230 g/mol. The van der Waals surface area contributed by atoms with Crippen molar-refractivity contribution < 1.29 is 0 Å². The highest BCUT2D eigenvalue weighted by Gasteiger charge is 2.29. The van der Waals surface area contributed by atoms with Gasteiger partial charge < -0.3 is 5.21 Å². The van der Waals surface area contributed by atoms with Crippen LogP contribution in [0.3, 0.4) is 0 Å². The third kappa shape index (κ3) is 2.50. The van der Waals surface area contributed by atoms with Crippen LogP contribution in [0.2, 0.25) is 0 Å². The van der Waals surface area contributed by atoms with Crippen molar-refractivity contribution in [3.8, 4) is 0 Å². The second-order valence-electron chi connectivity index (χ2n) is 4.87. The van der Waals surface area contributed by atoms with E-state index in [1.54, 1.807) is 31.6 Å². The summed E-state index contributed by atoms with van der Waals surface area (Å²) in [4.78, 5) is 3.98. The van der Waals surface area contributed by atoms with Crippen molar-refractivity contribution in [1.82, 2.24) is 20.4 Å². The predicted octanol–water partition coefficient (Wildman–Crippen LogP) is 1.00. The zero-order valence-electron chi connectivity index (χ0n) is 10.9. The van der Waals surface area contributed by atoms with Gasteiger partial charge in [-0.3, -0.25) is 9.63 Å². The van der Waals surface area contributed by atoms with Crippen molar-refractivity contribution in [3.05, 3.63) is 29.7 Å². The molecule has 2 heterocycles. The zero-order chi connectivity index (χ0) is 13.2. The van der Waals surface area contributed by atoms with E-state index in [9.17, 15) is 5.21 Å². The summed E-state index contributed by atoms with van der Waals surface area (Å²) in [6, 6.07) is 3.53. The van der Waals surface area contributed by atoms with Gasteiger partial charge >= 0.3 is 0 Å². The molecule has 0 spiro atoms. The van der Waals surface area contributed by atoms with E-state index < -0.39 is 10.9 Å². The lowest BCUT2D eigenvalue weighted by Crippen LogP contribution is -2.65. The van der Waals surface area contributed by atoms with E-state index in [0.717, 1.165) is 5.71 Å². The van der Waals surface area contributed by atoms with Crippen LogP contribution in [0.5, 0.6) is 0 Å². The van der Waals surface area contributed by atoms with Gasteiger partial charge in [0, 0.05) is 18.8 Å². The highest BCUT2D eigenvalue weighted by molar-refractivity contribution is 5.88. The van der Waals surface area contributed by atoms with Crippen LogP contribution in [-0.4, -0.2) is 30.6 Å². The van der Waals surface area contributed by atoms with E-state index in [4.69, 9.17) is 0 Å². The first-order valence-corrected chi connectivity index (χ1v) is 6.05. The molecule has 1 aromatic heterocycles. The Morgan fingerprint density at radius 2 is 2.28 bits per heavy atom. The second-order valence-corrected chi connectivity index (χ2v) is 4.87. The number of hydrogen-bond donors (Lipinski definition) is 2. The van der Waals surface area contributed by atoms with Crippen LogP contribution in [0.15, 0.2) is 29.6 Å². The van der Waals surface area contributed by atoms with E-state index in [2.05, 4.69) is 34.7 Å². The van der Waals surface area contributed by atoms with Crippen LogP contribution in [0.1, 0.15) is 13.8 Å². The molecule has 2 N–H and O–H groups in total. The van der Waals surface area contributed by atoms with E-state index in [1.165, 1.54) is 0 Å². The number of pyridine rings is 1. The third-order valence-corrected chi connectivity index (χ3v) is 3.12. The smallest absolute Gasteiger partial charge is 0.239 e. The van der Waals surface area contributed by atoms with Gasteiger partial charge in [0.05, 0.1) is 19.0 Å². The molecule has 2 unspecified atom stereocenters. The summed E-state index contributed by atoms with van der Waals surface area (Å²) in [5, 5.41) is 20.1. The number of quaternary nitrogens is 1. The van der Waals surface area contributed by atoms with Crippen LogP contribution in [0.4, 0.5) is 5.69 Å². The summed E-state index contributed by atoms with van der Waals surface area (Å²) in [6.45, 7) is 4.79. The van der Waals surface area contributed by atoms with E-state index >= 15 is 0 Å². The average molecular weight is 249 g/mol. The lowest BCUT2D eigenvalue weighted by molar-refractivity contribution is 0.229. The Labute approximate surface area is 107 Å². The predicted molar refractivity (Wildman–Crippen MR) is 72.5 cm³/mol. The van der Waals surface area contributed by atoms with Gasteiger partial charge in [-0.25, -0.2) is 10.7 Å². The standard InChI is InChI=1S/C12H19N5O/c1-9(2)11-8-14-12(16-15-11)17(3,18)10-5-4-6-13-7-10/h4-7,9,12,14,16H,8H2,1-3H3. The zero-order valence-corrected chi connectivity index (χ0v) is 10.9. The minimum absolute atomic E-state index is 0.370. The van der Waals surface area contributed by atoms with Gasteiger partial charge in [-0.2, -0.15) is 5.10 Å². The number of hydrogen-bond acceptors (Lipinski definition) is 5. The lowest BCUT2D eigenvalue weighted by atomic mass is 10.1. The number of rotatable bonds is 3. The first-order valence-electron chi connectivity index (χ1n) is 6.05. The second kappa shape index (κ2) is 5.01. The molecule has 6 nitrogen and oxygen atoms in total. The van der Waals surface area contributed by atoms with Crippen LogP contribution >= 0.6 is 0 Å².